The van der Waals surface area contributed by atoms with Gasteiger partial charge in [0.1, 0.15) is 6.26 Å². The third kappa shape index (κ3) is 2.18. The Labute approximate surface area is 104 Å². The predicted molar refractivity (Wildman–Crippen MR) is 60.6 cm³/mol. The van der Waals surface area contributed by atoms with Crippen LogP contribution in [0, 0.1) is 0 Å². The average molecular weight is 257 g/mol. The van der Waals surface area contributed by atoms with E-state index >= 15 is 0 Å². The van der Waals surface area contributed by atoms with Crippen molar-refractivity contribution in [1.29, 1.82) is 0 Å². The molecule has 0 aromatic carbocycles. The number of halogens is 1. The van der Waals surface area contributed by atoms with E-state index in [4.69, 9.17) is 14.8 Å². The molecule has 0 unspecified atom stereocenters. The summed E-state index contributed by atoms with van der Waals surface area (Å²) in [6, 6.07) is 1.77. The van der Waals surface area contributed by atoms with Crippen molar-refractivity contribution in [1.82, 2.24) is 15.3 Å². The van der Waals surface area contributed by atoms with Crippen LogP contribution in [0.25, 0.3) is 0 Å². The summed E-state index contributed by atoms with van der Waals surface area (Å²) in [5.41, 5.74) is 6.50. The molecule has 1 aliphatic rings. The zero-order valence-corrected chi connectivity index (χ0v) is 9.94. The Morgan fingerprint density at radius 2 is 2.18 bits per heavy atom. The molecule has 2 heterocycles. The number of rotatable bonds is 3. The van der Waals surface area contributed by atoms with Gasteiger partial charge in [-0.05, 0) is 19.3 Å². The lowest BCUT2D eigenvalue weighted by atomic mass is 9.77. The van der Waals surface area contributed by atoms with Crippen molar-refractivity contribution in [2.45, 2.75) is 31.2 Å². The maximum Gasteiger partial charge on any atom is 0.232 e. The first-order valence-electron chi connectivity index (χ1n) is 5.27. The smallest absolute Gasteiger partial charge is 0.232 e. The molecule has 2 N–H and O–H groups in total. The molecular weight excluding hydrogens is 244 g/mol. The van der Waals surface area contributed by atoms with E-state index in [1.165, 1.54) is 6.26 Å². The standard InChI is InChI=1S/C10H12N4O2.ClH/c11-10(3-1-4-10)9-12-8(16-14-9)6-7-2-5-15-13-7;/h2,5H,1,3-4,6,11H2;1H. The molecule has 0 atom stereocenters. The predicted octanol–water partition coefficient (Wildman–Crippen LogP) is 1.41. The van der Waals surface area contributed by atoms with E-state index in [2.05, 4.69) is 15.3 Å². The Morgan fingerprint density at radius 1 is 1.35 bits per heavy atom. The molecule has 6 nitrogen and oxygen atoms in total. The van der Waals surface area contributed by atoms with E-state index in [1.54, 1.807) is 6.07 Å². The second-order valence-electron chi connectivity index (χ2n) is 4.19. The van der Waals surface area contributed by atoms with Crippen LogP contribution in [0.3, 0.4) is 0 Å². The summed E-state index contributed by atoms with van der Waals surface area (Å²) < 4.78 is 9.87. The van der Waals surface area contributed by atoms with E-state index in [9.17, 15) is 0 Å². The van der Waals surface area contributed by atoms with Gasteiger partial charge in [0, 0.05) is 6.07 Å². The van der Waals surface area contributed by atoms with Crippen molar-refractivity contribution in [3.63, 3.8) is 0 Å². The minimum Gasteiger partial charge on any atom is -0.364 e. The molecule has 0 radical (unpaired) electrons. The second kappa shape index (κ2) is 4.46. The monoisotopic (exact) mass is 256 g/mol. The van der Waals surface area contributed by atoms with Gasteiger partial charge in [0.05, 0.1) is 17.7 Å². The lowest BCUT2D eigenvalue weighted by Gasteiger charge is -2.34. The maximum absolute atomic E-state index is 6.09. The third-order valence-corrected chi connectivity index (χ3v) is 2.98. The van der Waals surface area contributed by atoms with E-state index < -0.39 is 0 Å². The molecule has 0 amide bonds. The highest BCUT2D eigenvalue weighted by molar-refractivity contribution is 5.85. The SMILES string of the molecule is Cl.NC1(c2noc(Cc3ccon3)n2)CCC1. The molecule has 92 valence electrons. The number of nitrogens with zero attached hydrogens (tertiary/aromatic N) is 3. The normalized spacial score (nSPS) is 17.2. The van der Waals surface area contributed by atoms with Gasteiger partial charge in [0.2, 0.25) is 5.89 Å². The zero-order valence-electron chi connectivity index (χ0n) is 9.13. The molecule has 3 rings (SSSR count). The number of nitrogens with two attached hydrogens (primary N) is 1. The topological polar surface area (TPSA) is 91.0 Å². The molecule has 2 aromatic rings. The van der Waals surface area contributed by atoms with Gasteiger partial charge in [0.15, 0.2) is 5.82 Å². The molecule has 0 saturated heterocycles. The summed E-state index contributed by atoms with van der Waals surface area (Å²) in [7, 11) is 0. The molecule has 0 bridgehead atoms. The molecule has 1 aliphatic carbocycles. The summed E-state index contributed by atoms with van der Waals surface area (Å²) in [6.45, 7) is 0. The third-order valence-electron chi connectivity index (χ3n) is 2.98. The molecule has 17 heavy (non-hydrogen) atoms. The minimum atomic E-state index is -0.369. The van der Waals surface area contributed by atoms with Gasteiger partial charge in [-0.2, -0.15) is 4.98 Å². The van der Waals surface area contributed by atoms with Crippen molar-refractivity contribution in [2.24, 2.45) is 5.73 Å². The van der Waals surface area contributed by atoms with Crippen LogP contribution in [0.4, 0.5) is 0 Å². The van der Waals surface area contributed by atoms with Crippen LogP contribution in [0.1, 0.15) is 36.7 Å². The van der Waals surface area contributed by atoms with Crippen molar-refractivity contribution in [3.05, 3.63) is 29.7 Å². The largest absolute Gasteiger partial charge is 0.364 e. The van der Waals surface area contributed by atoms with E-state index in [-0.39, 0.29) is 17.9 Å². The number of hydrogen-bond donors (Lipinski definition) is 1. The average Bonchev–Trinajstić information content (AvgIpc) is 2.86. The lowest BCUT2D eigenvalue weighted by molar-refractivity contribution is 0.229. The van der Waals surface area contributed by atoms with Crippen molar-refractivity contribution in [3.8, 4) is 0 Å². The van der Waals surface area contributed by atoms with Crippen LogP contribution in [-0.4, -0.2) is 15.3 Å². The lowest BCUT2D eigenvalue weighted by Crippen LogP contribution is -2.44. The summed E-state index contributed by atoms with van der Waals surface area (Å²) in [5, 5.41) is 7.70. The Kier molecular flexibility index (Phi) is 3.17. The van der Waals surface area contributed by atoms with Crippen LogP contribution in [0.5, 0.6) is 0 Å². The molecule has 1 fully saturated rings. The molecule has 7 heteroatoms. The van der Waals surface area contributed by atoms with E-state index in [0.29, 0.717) is 18.1 Å². The minimum absolute atomic E-state index is 0. The molecular formula is C10H13ClN4O2. The van der Waals surface area contributed by atoms with Gasteiger partial charge in [-0.1, -0.05) is 10.3 Å². The van der Waals surface area contributed by atoms with Crippen LogP contribution in [0.2, 0.25) is 0 Å². The quantitative estimate of drug-likeness (QED) is 0.893. The fraction of sp³-hybridized carbons (Fsp3) is 0.500. The summed E-state index contributed by atoms with van der Waals surface area (Å²) in [5.74, 6) is 1.14. The summed E-state index contributed by atoms with van der Waals surface area (Å²) >= 11 is 0. The number of hydrogen-bond acceptors (Lipinski definition) is 6. The fourth-order valence-corrected chi connectivity index (χ4v) is 1.79. The van der Waals surface area contributed by atoms with Crippen LogP contribution >= 0.6 is 12.4 Å². The first-order chi connectivity index (χ1) is 7.76. The molecule has 0 spiro atoms. The highest BCUT2D eigenvalue weighted by Gasteiger charge is 2.38. The number of aromatic nitrogens is 3. The molecule has 1 saturated carbocycles. The van der Waals surface area contributed by atoms with Crippen molar-refractivity contribution < 1.29 is 9.05 Å². The Morgan fingerprint density at radius 3 is 2.76 bits per heavy atom. The Balaban J connectivity index is 0.00000108. The first-order valence-corrected chi connectivity index (χ1v) is 5.27. The highest BCUT2D eigenvalue weighted by Crippen LogP contribution is 2.36. The van der Waals surface area contributed by atoms with Crippen LogP contribution in [0.15, 0.2) is 21.4 Å². The van der Waals surface area contributed by atoms with Gasteiger partial charge in [0.25, 0.3) is 0 Å². The first kappa shape index (κ1) is 12.1. The van der Waals surface area contributed by atoms with Gasteiger partial charge in [-0.25, -0.2) is 0 Å². The van der Waals surface area contributed by atoms with E-state index in [0.717, 1.165) is 25.0 Å². The Bertz CT molecular complexity index is 478. The zero-order chi connectivity index (χ0) is 11.0. The van der Waals surface area contributed by atoms with Crippen molar-refractivity contribution >= 4 is 12.4 Å². The van der Waals surface area contributed by atoms with Crippen LogP contribution in [-0.2, 0) is 12.0 Å². The summed E-state index contributed by atoms with van der Waals surface area (Å²) in [4.78, 5) is 4.29. The summed E-state index contributed by atoms with van der Waals surface area (Å²) in [6.07, 6.45) is 4.98. The molecule has 2 aromatic heterocycles. The van der Waals surface area contributed by atoms with Gasteiger partial charge >= 0.3 is 0 Å². The molecule has 0 aliphatic heterocycles. The fourth-order valence-electron chi connectivity index (χ4n) is 1.79. The van der Waals surface area contributed by atoms with Gasteiger partial charge in [-0.15, -0.1) is 12.4 Å². The maximum atomic E-state index is 6.09. The van der Waals surface area contributed by atoms with E-state index in [1.807, 2.05) is 0 Å². The second-order valence-corrected chi connectivity index (χ2v) is 4.19. The highest BCUT2D eigenvalue weighted by atomic mass is 35.5. The Hall–Kier alpha value is -1.40. The van der Waals surface area contributed by atoms with Crippen LogP contribution < -0.4 is 5.73 Å². The van der Waals surface area contributed by atoms with Crippen molar-refractivity contribution in [2.75, 3.05) is 0 Å². The van der Waals surface area contributed by atoms with Gasteiger partial charge < -0.3 is 14.8 Å². The van der Waals surface area contributed by atoms with Gasteiger partial charge in [-0.3, -0.25) is 0 Å².